The van der Waals surface area contributed by atoms with Crippen LogP contribution in [0, 0.1) is 12.8 Å². The maximum absolute atomic E-state index is 12.0. The summed E-state index contributed by atoms with van der Waals surface area (Å²) in [5, 5.41) is 0. The molecule has 1 saturated heterocycles. The predicted octanol–water partition coefficient (Wildman–Crippen LogP) is 1.82. The van der Waals surface area contributed by atoms with E-state index >= 15 is 0 Å². The molecule has 1 heterocycles. The van der Waals surface area contributed by atoms with Crippen LogP contribution in [-0.2, 0) is 4.79 Å². The third-order valence-corrected chi connectivity index (χ3v) is 3.39. The lowest BCUT2D eigenvalue weighted by atomic mass is 10.1. The van der Waals surface area contributed by atoms with Crippen LogP contribution in [0.4, 0.5) is 0 Å². The lowest BCUT2D eigenvalue weighted by molar-refractivity contribution is -0.125. The van der Waals surface area contributed by atoms with Gasteiger partial charge in [0.25, 0.3) is 0 Å². The van der Waals surface area contributed by atoms with Gasteiger partial charge < -0.3 is 10.6 Å². The summed E-state index contributed by atoms with van der Waals surface area (Å²) in [6.07, 6.45) is 4.57. The van der Waals surface area contributed by atoms with Gasteiger partial charge in [0, 0.05) is 19.2 Å². The molecule has 0 aliphatic carbocycles. The van der Waals surface area contributed by atoms with Gasteiger partial charge in [0.15, 0.2) is 0 Å². The highest BCUT2D eigenvalue weighted by Crippen LogP contribution is 2.15. The van der Waals surface area contributed by atoms with Crippen molar-refractivity contribution in [2.45, 2.75) is 13.3 Å². The van der Waals surface area contributed by atoms with E-state index in [1.807, 2.05) is 36.1 Å². The van der Waals surface area contributed by atoms with Gasteiger partial charge in [0.2, 0.25) is 5.91 Å². The third-order valence-electron chi connectivity index (χ3n) is 3.39. The van der Waals surface area contributed by atoms with Crippen molar-refractivity contribution in [1.29, 1.82) is 0 Å². The topological polar surface area (TPSA) is 46.3 Å². The molecule has 1 aromatic rings. The zero-order valence-electron chi connectivity index (χ0n) is 10.8. The smallest absolute Gasteiger partial charge is 0.246 e. The average molecular weight is 244 g/mol. The Bertz CT molecular complexity index is 454. The summed E-state index contributed by atoms with van der Waals surface area (Å²) in [5.41, 5.74) is 7.89. The van der Waals surface area contributed by atoms with Gasteiger partial charge >= 0.3 is 0 Å². The molecule has 1 fully saturated rings. The first-order valence-corrected chi connectivity index (χ1v) is 6.43. The molecule has 1 amide bonds. The van der Waals surface area contributed by atoms with Crippen LogP contribution in [-0.4, -0.2) is 30.4 Å². The van der Waals surface area contributed by atoms with Crippen LogP contribution in [0.25, 0.3) is 6.08 Å². The van der Waals surface area contributed by atoms with E-state index in [4.69, 9.17) is 5.73 Å². The molecular weight excluding hydrogens is 224 g/mol. The fraction of sp³-hybridized carbons (Fsp3) is 0.400. The van der Waals surface area contributed by atoms with E-state index in [9.17, 15) is 4.79 Å². The first-order valence-electron chi connectivity index (χ1n) is 6.43. The minimum absolute atomic E-state index is 0.0902. The number of carbonyl (C=O) groups is 1. The minimum atomic E-state index is 0.0902. The van der Waals surface area contributed by atoms with Gasteiger partial charge in [-0.2, -0.15) is 0 Å². The number of amides is 1. The SMILES string of the molecule is Cc1cccc(/C=C/C(=O)N2CCC(CN)C2)c1. The number of rotatable bonds is 3. The Labute approximate surface area is 108 Å². The Morgan fingerprint density at radius 3 is 3.06 bits per heavy atom. The summed E-state index contributed by atoms with van der Waals surface area (Å²) >= 11 is 0. The van der Waals surface area contributed by atoms with Crippen LogP contribution in [0.3, 0.4) is 0 Å². The molecule has 0 bridgehead atoms. The van der Waals surface area contributed by atoms with Gasteiger partial charge in [0.1, 0.15) is 0 Å². The number of likely N-dealkylation sites (tertiary alicyclic amines) is 1. The molecule has 3 nitrogen and oxygen atoms in total. The molecule has 2 N–H and O–H groups in total. The fourth-order valence-corrected chi connectivity index (χ4v) is 2.27. The Morgan fingerprint density at radius 1 is 1.56 bits per heavy atom. The van der Waals surface area contributed by atoms with Crippen molar-refractivity contribution in [1.82, 2.24) is 4.90 Å². The molecule has 0 aromatic heterocycles. The third kappa shape index (κ3) is 3.20. The largest absolute Gasteiger partial charge is 0.339 e. The lowest BCUT2D eigenvalue weighted by Crippen LogP contribution is -2.28. The Hall–Kier alpha value is -1.61. The lowest BCUT2D eigenvalue weighted by Gasteiger charge is -2.13. The summed E-state index contributed by atoms with van der Waals surface area (Å²) in [6.45, 7) is 4.35. The number of nitrogens with two attached hydrogens (primary N) is 1. The Morgan fingerprint density at radius 2 is 2.39 bits per heavy atom. The van der Waals surface area contributed by atoms with Crippen molar-refractivity contribution in [3.05, 3.63) is 41.5 Å². The average Bonchev–Trinajstić information content (AvgIpc) is 2.85. The fourth-order valence-electron chi connectivity index (χ4n) is 2.27. The van der Waals surface area contributed by atoms with Crippen LogP contribution in [0.2, 0.25) is 0 Å². The summed E-state index contributed by atoms with van der Waals surface area (Å²) in [4.78, 5) is 13.8. The van der Waals surface area contributed by atoms with Gasteiger partial charge in [0.05, 0.1) is 0 Å². The molecule has 0 saturated carbocycles. The van der Waals surface area contributed by atoms with E-state index in [-0.39, 0.29) is 5.91 Å². The maximum Gasteiger partial charge on any atom is 0.246 e. The second kappa shape index (κ2) is 5.83. The number of hydrogen-bond donors (Lipinski definition) is 1. The first kappa shape index (κ1) is 12.8. The molecule has 1 aliphatic rings. The molecule has 1 unspecified atom stereocenters. The van der Waals surface area contributed by atoms with Crippen molar-refractivity contribution in [3.8, 4) is 0 Å². The second-order valence-electron chi connectivity index (χ2n) is 4.92. The number of carbonyl (C=O) groups excluding carboxylic acids is 1. The van der Waals surface area contributed by atoms with Gasteiger partial charge in [-0.3, -0.25) is 4.79 Å². The van der Waals surface area contributed by atoms with E-state index in [2.05, 4.69) is 6.07 Å². The zero-order chi connectivity index (χ0) is 13.0. The van der Waals surface area contributed by atoms with E-state index in [1.54, 1.807) is 6.08 Å². The quantitative estimate of drug-likeness (QED) is 0.824. The van der Waals surface area contributed by atoms with E-state index < -0.39 is 0 Å². The van der Waals surface area contributed by atoms with Crippen LogP contribution < -0.4 is 5.73 Å². The van der Waals surface area contributed by atoms with Crippen molar-refractivity contribution in [2.24, 2.45) is 11.7 Å². The van der Waals surface area contributed by atoms with Gasteiger partial charge in [-0.15, -0.1) is 0 Å². The summed E-state index contributed by atoms with van der Waals surface area (Å²) in [6, 6.07) is 8.12. The molecule has 1 aliphatic heterocycles. The molecule has 96 valence electrons. The molecule has 0 radical (unpaired) electrons. The monoisotopic (exact) mass is 244 g/mol. The zero-order valence-corrected chi connectivity index (χ0v) is 10.8. The van der Waals surface area contributed by atoms with Crippen LogP contribution >= 0.6 is 0 Å². The highest BCUT2D eigenvalue weighted by molar-refractivity contribution is 5.91. The molecule has 3 heteroatoms. The van der Waals surface area contributed by atoms with E-state index in [1.165, 1.54) is 5.56 Å². The van der Waals surface area contributed by atoms with Crippen molar-refractivity contribution >= 4 is 12.0 Å². The molecular formula is C15H20N2O. The molecule has 18 heavy (non-hydrogen) atoms. The van der Waals surface area contributed by atoms with Crippen molar-refractivity contribution in [3.63, 3.8) is 0 Å². The summed E-state index contributed by atoms with van der Waals surface area (Å²) in [7, 11) is 0. The molecule has 2 rings (SSSR count). The summed E-state index contributed by atoms with van der Waals surface area (Å²) in [5.74, 6) is 0.564. The van der Waals surface area contributed by atoms with Gasteiger partial charge in [-0.25, -0.2) is 0 Å². The maximum atomic E-state index is 12.0. The van der Waals surface area contributed by atoms with E-state index in [0.717, 1.165) is 25.1 Å². The molecule has 0 spiro atoms. The van der Waals surface area contributed by atoms with Crippen LogP contribution in [0.15, 0.2) is 30.3 Å². The molecule has 1 atom stereocenters. The predicted molar refractivity (Wildman–Crippen MR) is 74.0 cm³/mol. The van der Waals surface area contributed by atoms with Gasteiger partial charge in [-0.1, -0.05) is 29.8 Å². The van der Waals surface area contributed by atoms with Crippen molar-refractivity contribution in [2.75, 3.05) is 19.6 Å². The molecule has 1 aromatic carbocycles. The summed E-state index contributed by atoms with van der Waals surface area (Å²) < 4.78 is 0. The number of hydrogen-bond acceptors (Lipinski definition) is 2. The standard InChI is InChI=1S/C15H20N2O/c1-12-3-2-4-13(9-12)5-6-15(18)17-8-7-14(10-16)11-17/h2-6,9,14H,7-8,10-11,16H2,1H3/b6-5+. The normalized spacial score (nSPS) is 19.7. The number of aryl methyl sites for hydroxylation is 1. The first-order chi connectivity index (χ1) is 8.69. The van der Waals surface area contributed by atoms with Gasteiger partial charge in [-0.05, 0) is 37.4 Å². The van der Waals surface area contributed by atoms with E-state index in [0.29, 0.717) is 12.5 Å². The number of nitrogens with zero attached hydrogens (tertiary/aromatic N) is 1. The van der Waals surface area contributed by atoms with Crippen molar-refractivity contribution < 1.29 is 4.79 Å². The number of benzene rings is 1. The Balaban J connectivity index is 1.95. The Kier molecular flexibility index (Phi) is 4.15. The minimum Gasteiger partial charge on any atom is -0.339 e. The highest BCUT2D eigenvalue weighted by Gasteiger charge is 2.23. The van der Waals surface area contributed by atoms with Crippen LogP contribution in [0.1, 0.15) is 17.5 Å². The highest BCUT2D eigenvalue weighted by atomic mass is 16.2. The second-order valence-corrected chi connectivity index (χ2v) is 4.92. The van der Waals surface area contributed by atoms with Crippen LogP contribution in [0.5, 0.6) is 0 Å².